The van der Waals surface area contributed by atoms with E-state index in [2.05, 4.69) is 154 Å². The molecule has 0 aromatic rings. The number of unbranched alkanes of at least 4 members (excludes halogenated alkanes) is 18. The van der Waals surface area contributed by atoms with Gasteiger partial charge in [0.25, 0.3) is 0 Å². The van der Waals surface area contributed by atoms with E-state index in [0.717, 1.165) is 122 Å². The summed E-state index contributed by atoms with van der Waals surface area (Å²) in [5.74, 6) is -0.958. The predicted molar refractivity (Wildman–Crippen MR) is 311 cm³/mol. The Morgan fingerprint density at radius 1 is 0.292 bits per heavy atom. The average molecular weight is 996 g/mol. The molecule has 0 aliphatic carbocycles. The van der Waals surface area contributed by atoms with E-state index in [1.54, 1.807) is 0 Å². The summed E-state index contributed by atoms with van der Waals surface area (Å²) >= 11 is 0. The van der Waals surface area contributed by atoms with Gasteiger partial charge < -0.3 is 14.2 Å². The van der Waals surface area contributed by atoms with Gasteiger partial charge in [0.2, 0.25) is 0 Å². The lowest BCUT2D eigenvalue weighted by Gasteiger charge is -2.18. The molecule has 6 nitrogen and oxygen atoms in total. The van der Waals surface area contributed by atoms with Crippen molar-refractivity contribution in [3.8, 4) is 0 Å². The zero-order valence-corrected chi connectivity index (χ0v) is 46.4. The second kappa shape index (κ2) is 59.1. The van der Waals surface area contributed by atoms with Gasteiger partial charge in [-0.1, -0.05) is 244 Å². The highest BCUT2D eigenvalue weighted by Gasteiger charge is 2.19. The largest absolute Gasteiger partial charge is 0.462 e. The fourth-order valence-electron chi connectivity index (χ4n) is 7.59. The van der Waals surface area contributed by atoms with Crippen molar-refractivity contribution in [3.05, 3.63) is 134 Å². The molecule has 406 valence electrons. The molecule has 0 aromatic heterocycles. The Morgan fingerprint density at radius 2 is 0.542 bits per heavy atom. The molecular weight excluding hydrogens is 889 g/mol. The lowest BCUT2D eigenvalue weighted by Crippen LogP contribution is -2.30. The molecule has 72 heavy (non-hydrogen) atoms. The SMILES string of the molecule is CC/C=C\C/C=C\C/C=C\C/C=C\C/C=C\C/C=C\C/C=C\CCCCCCCCCCCCCC(=O)OCC(COC(=O)CCCCCCCC)OC(=O)CCCC/C=C\C/C=C\C/C=C\C/C=C\CC. The lowest BCUT2D eigenvalue weighted by atomic mass is 10.0. The molecule has 0 fully saturated rings. The van der Waals surface area contributed by atoms with Gasteiger partial charge in [-0.25, -0.2) is 0 Å². The Morgan fingerprint density at radius 3 is 0.875 bits per heavy atom. The average Bonchev–Trinajstić information content (AvgIpc) is 3.38. The van der Waals surface area contributed by atoms with Crippen LogP contribution >= 0.6 is 0 Å². The first-order chi connectivity index (χ1) is 35.5. The van der Waals surface area contributed by atoms with Crippen LogP contribution in [-0.4, -0.2) is 37.2 Å². The molecule has 0 radical (unpaired) electrons. The Balaban J connectivity index is 4.11. The summed E-state index contributed by atoms with van der Waals surface area (Å²) in [6.07, 6.45) is 83.5. The van der Waals surface area contributed by atoms with Crippen LogP contribution in [0.5, 0.6) is 0 Å². The first-order valence-electron chi connectivity index (χ1n) is 29.2. The molecule has 0 rings (SSSR count). The molecule has 0 saturated carbocycles. The number of rotatable bonds is 51. The van der Waals surface area contributed by atoms with Gasteiger partial charge >= 0.3 is 17.9 Å². The molecule has 0 saturated heterocycles. The summed E-state index contributed by atoms with van der Waals surface area (Å²) < 4.78 is 16.7. The van der Waals surface area contributed by atoms with Gasteiger partial charge in [0, 0.05) is 19.3 Å². The van der Waals surface area contributed by atoms with Crippen LogP contribution in [0.1, 0.15) is 245 Å². The van der Waals surface area contributed by atoms with Crippen LogP contribution in [-0.2, 0) is 28.6 Å². The highest BCUT2D eigenvalue weighted by atomic mass is 16.6. The topological polar surface area (TPSA) is 78.9 Å². The fraction of sp³-hybridized carbons (Fsp3) is 0.621. The zero-order valence-electron chi connectivity index (χ0n) is 46.4. The monoisotopic (exact) mass is 995 g/mol. The van der Waals surface area contributed by atoms with Gasteiger partial charge in [-0.2, -0.15) is 0 Å². The summed E-state index contributed by atoms with van der Waals surface area (Å²) in [5, 5.41) is 0. The third-order valence-electron chi connectivity index (χ3n) is 11.9. The normalized spacial score (nSPS) is 13.1. The highest BCUT2D eigenvalue weighted by molar-refractivity contribution is 5.71. The Bertz CT molecular complexity index is 1560. The van der Waals surface area contributed by atoms with E-state index < -0.39 is 6.10 Å². The van der Waals surface area contributed by atoms with Crippen molar-refractivity contribution < 1.29 is 28.6 Å². The summed E-state index contributed by atoms with van der Waals surface area (Å²) in [7, 11) is 0. The lowest BCUT2D eigenvalue weighted by molar-refractivity contribution is -0.167. The minimum Gasteiger partial charge on any atom is -0.462 e. The maximum absolute atomic E-state index is 12.8. The summed E-state index contributed by atoms with van der Waals surface area (Å²) in [4.78, 5) is 37.8. The van der Waals surface area contributed by atoms with Crippen LogP contribution in [0.3, 0.4) is 0 Å². The van der Waals surface area contributed by atoms with E-state index in [1.807, 2.05) is 0 Å². The maximum Gasteiger partial charge on any atom is 0.306 e. The van der Waals surface area contributed by atoms with Gasteiger partial charge in [-0.15, -0.1) is 0 Å². The summed E-state index contributed by atoms with van der Waals surface area (Å²) in [6.45, 7) is 6.30. The molecule has 1 unspecified atom stereocenters. The molecule has 0 amide bonds. The zero-order chi connectivity index (χ0) is 52.2. The van der Waals surface area contributed by atoms with Crippen molar-refractivity contribution >= 4 is 17.9 Å². The van der Waals surface area contributed by atoms with Crippen molar-refractivity contribution in [3.63, 3.8) is 0 Å². The molecule has 0 aliphatic heterocycles. The fourth-order valence-corrected chi connectivity index (χ4v) is 7.59. The first-order valence-corrected chi connectivity index (χ1v) is 29.2. The predicted octanol–water partition coefficient (Wildman–Crippen LogP) is 19.8. The molecule has 0 aromatic carbocycles. The van der Waals surface area contributed by atoms with E-state index in [4.69, 9.17) is 14.2 Å². The van der Waals surface area contributed by atoms with Crippen LogP contribution in [0.15, 0.2) is 134 Å². The van der Waals surface area contributed by atoms with Gasteiger partial charge in [0.15, 0.2) is 6.10 Å². The number of carbonyl (C=O) groups excluding carboxylic acids is 3. The Kier molecular flexibility index (Phi) is 55.5. The molecular formula is C66H106O6. The molecule has 1 atom stereocenters. The minimum atomic E-state index is -0.800. The van der Waals surface area contributed by atoms with Crippen molar-refractivity contribution in [2.45, 2.75) is 252 Å². The third kappa shape index (κ3) is 56.5. The van der Waals surface area contributed by atoms with Gasteiger partial charge in [0.1, 0.15) is 13.2 Å². The quantitative estimate of drug-likeness (QED) is 0.0261. The number of hydrogen-bond donors (Lipinski definition) is 0. The van der Waals surface area contributed by atoms with E-state index in [0.29, 0.717) is 19.3 Å². The standard InChI is InChI=1S/C66H106O6/c1-4-7-10-13-16-18-20-22-24-25-26-27-28-29-30-31-32-33-34-35-36-37-38-39-40-41-43-44-46-48-50-53-56-59-65(68)71-62-63(61-70-64(67)58-55-52-15-12-9-6-3)72-66(69)60-57-54-51-49-47-45-42-23-21-19-17-14-11-8-5-2/h7-8,10-11,16-19,22-24,26-27,29-30,32-33,35-36,42,47,49,63H,4-6,9,12-15,20-21,25,28,31,34,37-41,43-46,48,50-62H2,1-3H3/b10-7-,11-8-,18-16-,19-17-,24-22-,27-26-,30-29-,33-32-,36-35-,42-23-,49-47-. The van der Waals surface area contributed by atoms with Gasteiger partial charge in [-0.3, -0.25) is 14.4 Å². The van der Waals surface area contributed by atoms with Crippen LogP contribution in [0.2, 0.25) is 0 Å². The van der Waals surface area contributed by atoms with Crippen LogP contribution in [0, 0.1) is 0 Å². The second-order valence-electron chi connectivity index (χ2n) is 18.8. The number of ether oxygens (including phenoxy) is 3. The number of hydrogen-bond acceptors (Lipinski definition) is 6. The van der Waals surface area contributed by atoms with Crippen molar-refractivity contribution in [2.24, 2.45) is 0 Å². The van der Waals surface area contributed by atoms with E-state index in [-0.39, 0.29) is 37.5 Å². The summed E-state index contributed by atoms with van der Waals surface area (Å²) in [6, 6.07) is 0. The highest BCUT2D eigenvalue weighted by Crippen LogP contribution is 2.14. The number of esters is 3. The van der Waals surface area contributed by atoms with Crippen molar-refractivity contribution in [2.75, 3.05) is 13.2 Å². The Labute approximate surface area is 443 Å². The van der Waals surface area contributed by atoms with Gasteiger partial charge in [-0.05, 0) is 116 Å². The number of allylic oxidation sites excluding steroid dienone is 22. The molecule has 0 aliphatic rings. The molecule has 0 bridgehead atoms. The number of carbonyl (C=O) groups is 3. The Hall–Kier alpha value is -4.45. The molecule has 0 spiro atoms. The van der Waals surface area contributed by atoms with Crippen molar-refractivity contribution in [1.29, 1.82) is 0 Å². The van der Waals surface area contributed by atoms with Crippen molar-refractivity contribution in [1.82, 2.24) is 0 Å². The van der Waals surface area contributed by atoms with E-state index in [9.17, 15) is 14.4 Å². The van der Waals surface area contributed by atoms with E-state index in [1.165, 1.54) is 77.0 Å². The summed E-state index contributed by atoms with van der Waals surface area (Å²) in [5.41, 5.74) is 0. The van der Waals surface area contributed by atoms with Crippen LogP contribution in [0.4, 0.5) is 0 Å². The third-order valence-corrected chi connectivity index (χ3v) is 11.9. The second-order valence-corrected chi connectivity index (χ2v) is 18.8. The van der Waals surface area contributed by atoms with Crippen LogP contribution < -0.4 is 0 Å². The first kappa shape index (κ1) is 67.5. The molecule has 0 N–H and O–H groups in total. The van der Waals surface area contributed by atoms with E-state index >= 15 is 0 Å². The molecule has 0 heterocycles. The minimum absolute atomic E-state index is 0.0979. The maximum atomic E-state index is 12.8. The smallest absolute Gasteiger partial charge is 0.306 e. The van der Waals surface area contributed by atoms with Gasteiger partial charge in [0.05, 0.1) is 0 Å². The van der Waals surface area contributed by atoms with Crippen LogP contribution in [0.25, 0.3) is 0 Å². The molecule has 6 heteroatoms.